The van der Waals surface area contributed by atoms with E-state index in [9.17, 15) is 4.79 Å². The Bertz CT molecular complexity index is 1220. The maximum Gasteiger partial charge on any atom is 0.251 e. The van der Waals surface area contributed by atoms with E-state index in [2.05, 4.69) is 34.0 Å². The highest BCUT2D eigenvalue weighted by Crippen LogP contribution is 2.30. The van der Waals surface area contributed by atoms with Crippen molar-refractivity contribution in [2.75, 3.05) is 51.8 Å². The molecule has 3 N–H and O–H groups in total. The Kier molecular flexibility index (Phi) is 7.04. The number of nitrogen functional groups attached to an aromatic ring is 1. The van der Waals surface area contributed by atoms with Crippen molar-refractivity contribution in [1.82, 2.24) is 20.2 Å². The molecule has 3 heterocycles. The first-order valence-corrected chi connectivity index (χ1v) is 12.4. The minimum absolute atomic E-state index is 0.0450. The Labute approximate surface area is 210 Å². The van der Waals surface area contributed by atoms with Gasteiger partial charge in [0, 0.05) is 37.2 Å². The molecule has 1 unspecified atom stereocenters. The number of carbonyl (C=O) groups excluding carboxylic acids is 1. The van der Waals surface area contributed by atoms with Gasteiger partial charge in [0.2, 0.25) is 11.8 Å². The van der Waals surface area contributed by atoms with Crippen LogP contribution in [0.15, 0.2) is 42.5 Å². The zero-order valence-corrected chi connectivity index (χ0v) is 20.8. The Hall–Kier alpha value is -3.27. The lowest BCUT2D eigenvalue weighted by atomic mass is 10.0. The predicted molar refractivity (Wildman–Crippen MR) is 138 cm³/mol. The molecule has 190 valence electrons. The summed E-state index contributed by atoms with van der Waals surface area (Å²) >= 11 is 0. The van der Waals surface area contributed by atoms with Gasteiger partial charge in [-0.1, -0.05) is 18.2 Å². The number of nitrogens with zero attached hydrogens (tertiary/aromatic N) is 3. The van der Waals surface area contributed by atoms with Crippen LogP contribution in [0.2, 0.25) is 0 Å². The molecule has 1 aromatic heterocycles. The zero-order chi connectivity index (χ0) is 25.1. The fourth-order valence-corrected chi connectivity index (χ4v) is 4.70. The highest BCUT2D eigenvalue weighted by molar-refractivity contribution is 5.95. The van der Waals surface area contributed by atoms with E-state index in [0.29, 0.717) is 24.7 Å². The summed E-state index contributed by atoms with van der Waals surface area (Å²) in [4.78, 5) is 24.0. The van der Waals surface area contributed by atoms with Crippen molar-refractivity contribution >= 4 is 22.8 Å². The lowest BCUT2D eigenvalue weighted by molar-refractivity contribution is 0.0269. The third-order valence-electron chi connectivity index (χ3n) is 6.50. The van der Waals surface area contributed by atoms with Crippen LogP contribution in [0.3, 0.4) is 0 Å². The molecule has 5 rings (SSSR count). The molecule has 2 aliphatic rings. The number of nitrogens with two attached hydrogens (primary N) is 1. The number of hydrogen-bond donors (Lipinski definition) is 2. The highest BCUT2D eigenvalue weighted by Gasteiger charge is 2.25. The second kappa shape index (κ2) is 10.4. The number of fused-ring (bicyclic) bond motifs is 1. The van der Waals surface area contributed by atoms with Gasteiger partial charge in [-0.15, -0.1) is 0 Å². The molecule has 3 aromatic rings. The van der Waals surface area contributed by atoms with Gasteiger partial charge in [0.05, 0.1) is 37.3 Å². The first kappa shape index (κ1) is 24.4. The summed E-state index contributed by atoms with van der Waals surface area (Å²) in [7, 11) is 0. The van der Waals surface area contributed by atoms with Crippen molar-refractivity contribution in [2.45, 2.75) is 31.9 Å². The van der Waals surface area contributed by atoms with Gasteiger partial charge in [0.25, 0.3) is 5.91 Å². The maximum absolute atomic E-state index is 13.0. The fourth-order valence-electron chi connectivity index (χ4n) is 4.70. The van der Waals surface area contributed by atoms with Gasteiger partial charge < -0.3 is 25.3 Å². The van der Waals surface area contributed by atoms with Crippen LogP contribution in [0.1, 0.15) is 30.6 Å². The van der Waals surface area contributed by atoms with Crippen LogP contribution in [0.25, 0.3) is 22.0 Å². The summed E-state index contributed by atoms with van der Waals surface area (Å²) in [6.07, 6.45) is 0.772. The second-order valence-corrected chi connectivity index (χ2v) is 10.0. The Morgan fingerprint density at radius 1 is 1.08 bits per heavy atom. The summed E-state index contributed by atoms with van der Waals surface area (Å²) in [5.74, 6) is 0.557. The molecule has 0 bridgehead atoms. The van der Waals surface area contributed by atoms with E-state index < -0.39 is 0 Å². The molecule has 2 aromatic carbocycles. The van der Waals surface area contributed by atoms with E-state index in [1.807, 2.05) is 42.5 Å². The summed E-state index contributed by atoms with van der Waals surface area (Å²) < 4.78 is 16.9. The van der Waals surface area contributed by atoms with Crippen LogP contribution in [-0.2, 0) is 9.47 Å². The first-order valence-electron chi connectivity index (χ1n) is 12.4. The van der Waals surface area contributed by atoms with Crippen LogP contribution >= 0.6 is 0 Å². The Morgan fingerprint density at radius 2 is 1.83 bits per heavy atom. The number of rotatable bonds is 7. The second-order valence-electron chi connectivity index (χ2n) is 10.0. The van der Waals surface area contributed by atoms with Crippen LogP contribution < -0.4 is 15.8 Å². The summed E-state index contributed by atoms with van der Waals surface area (Å²) in [6, 6.07) is 13.5. The van der Waals surface area contributed by atoms with Crippen molar-refractivity contribution in [2.24, 2.45) is 0 Å². The first-order chi connectivity index (χ1) is 17.4. The number of morpholine rings is 1. The van der Waals surface area contributed by atoms with E-state index in [-0.39, 0.29) is 23.5 Å². The van der Waals surface area contributed by atoms with E-state index in [4.69, 9.17) is 19.9 Å². The SMILES string of the molecule is CC(C)(CN1CCOCC1)NC(=O)c1ccc(-c2ccc3nc(N)nc(OC4CCOC4)c3c2)cc1. The molecule has 2 fully saturated rings. The van der Waals surface area contributed by atoms with Crippen molar-refractivity contribution < 1.29 is 19.0 Å². The molecule has 1 atom stereocenters. The molecule has 0 aliphatic carbocycles. The highest BCUT2D eigenvalue weighted by atomic mass is 16.5. The van der Waals surface area contributed by atoms with Crippen molar-refractivity contribution in [3.63, 3.8) is 0 Å². The number of carbonyl (C=O) groups is 1. The standard InChI is InChI=1S/C27H33N5O4/c1-27(2,17-32-10-13-34-14-11-32)31-24(33)19-5-3-18(4-6-19)20-7-8-23-22(15-20)25(30-26(28)29-23)36-21-9-12-35-16-21/h3-8,15,21H,9-14,16-17H2,1-2H3,(H,31,33)(H2,28,29,30). The van der Waals surface area contributed by atoms with Gasteiger partial charge in [0.1, 0.15) is 6.10 Å². The Morgan fingerprint density at radius 3 is 2.56 bits per heavy atom. The zero-order valence-electron chi connectivity index (χ0n) is 20.8. The lowest BCUT2D eigenvalue weighted by Crippen LogP contribution is -2.53. The molecule has 2 aliphatic heterocycles. The number of hydrogen-bond acceptors (Lipinski definition) is 8. The average molecular weight is 492 g/mol. The van der Waals surface area contributed by atoms with Gasteiger partial charge in [-0.25, -0.2) is 4.98 Å². The molecular formula is C27H33N5O4. The van der Waals surface area contributed by atoms with Gasteiger partial charge in [0.15, 0.2) is 0 Å². The van der Waals surface area contributed by atoms with E-state index in [1.165, 1.54) is 0 Å². The Balaban J connectivity index is 1.31. The minimum Gasteiger partial charge on any atom is -0.471 e. The molecule has 36 heavy (non-hydrogen) atoms. The van der Waals surface area contributed by atoms with E-state index in [1.54, 1.807) is 0 Å². The van der Waals surface area contributed by atoms with Crippen LogP contribution in [0.5, 0.6) is 5.88 Å². The monoisotopic (exact) mass is 491 g/mol. The van der Waals surface area contributed by atoms with Gasteiger partial charge >= 0.3 is 0 Å². The molecule has 0 radical (unpaired) electrons. The molecule has 0 spiro atoms. The summed E-state index contributed by atoms with van der Waals surface area (Å²) in [5.41, 5.74) is 8.85. The molecule has 0 saturated carbocycles. The van der Waals surface area contributed by atoms with Gasteiger partial charge in [-0.2, -0.15) is 4.98 Å². The van der Waals surface area contributed by atoms with Crippen molar-refractivity contribution in [1.29, 1.82) is 0 Å². The normalized spacial score (nSPS) is 18.9. The van der Waals surface area contributed by atoms with Crippen LogP contribution in [-0.4, -0.2) is 78.5 Å². The molecule has 9 nitrogen and oxygen atoms in total. The number of anilines is 1. The fraction of sp³-hybridized carbons (Fsp3) is 0.444. The number of benzene rings is 2. The summed E-state index contributed by atoms with van der Waals surface area (Å²) in [5, 5.41) is 3.97. The van der Waals surface area contributed by atoms with Gasteiger partial charge in [-0.3, -0.25) is 9.69 Å². The van der Waals surface area contributed by atoms with Gasteiger partial charge in [-0.05, 0) is 49.2 Å². The number of ether oxygens (including phenoxy) is 3. The van der Waals surface area contributed by atoms with Crippen molar-refractivity contribution in [3.05, 3.63) is 48.0 Å². The molecular weight excluding hydrogens is 458 g/mol. The van der Waals surface area contributed by atoms with Crippen LogP contribution in [0, 0.1) is 0 Å². The molecule has 1 amide bonds. The molecule has 2 saturated heterocycles. The quantitative estimate of drug-likeness (QED) is 0.519. The third-order valence-corrected chi connectivity index (χ3v) is 6.50. The average Bonchev–Trinajstić information content (AvgIpc) is 3.37. The minimum atomic E-state index is -0.353. The maximum atomic E-state index is 13.0. The molecule has 9 heteroatoms. The lowest BCUT2D eigenvalue weighted by Gasteiger charge is -2.35. The number of amides is 1. The smallest absolute Gasteiger partial charge is 0.251 e. The number of aromatic nitrogens is 2. The largest absolute Gasteiger partial charge is 0.471 e. The third kappa shape index (κ3) is 5.75. The topological polar surface area (TPSA) is 112 Å². The number of nitrogens with one attached hydrogen (secondary N) is 1. The van der Waals surface area contributed by atoms with Crippen LogP contribution in [0.4, 0.5) is 5.95 Å². The van der Waals surface area contributed by atoms with E-state index >= 15 is 0 Å². The summed E-state index contributed by atoms with van der Waals surface area (Å²) in [6.45, 7) is 9.35. The predicted octanol–water partition coefficient (Wildman–Crippen LogP) is 2.89. The van der Waals surface area contributed by atoms with Crippen molar-refractivity contribution in [3.8, 4) is 17.0 Å². The van der Waals surface area contributed by atoms with E-state index in [0.717, 1.165) is 61.3 Å².